The van der Waals surface area contributed by atoms with Crippen molar-refractivity contribution in [1.29, 1.82) is 0 Å². The minimum absolute atomic E-state index is 0.152. The lowest BCUT2D eigenvalue weighted by Gasteiger charge is -2.31. The molecule has 0 radical (unpaired) electrons. The van der Waals surface area contributed by atoms with Crippen molar-refractivity contribution in [3.05, 3.63) is 65.2 Å². The van der Waals surface area contributed by atoms with Crippen LogP contribution in [-0.2, 0) is 4.84 Å². The normalized spacial score (nSPS) is 19.0. The molecule has 1 aliphatic rings. The number of ether oxygens (including phenoxy) is 3. The molecule has 5 nitrogen and oxygen atoms in total. The Labute approximate surface area is 185 Å². The molecule has 5 heteroatoms. The van der Waals surface area contributed by atoms with Crippen LogP contribution in [0.4, 0.5) is 0 Å². The molecule has 0 N–H and O–H groups in total. The number of oxime groups is 1. The zero-order chi connectivity index (χ0) is 22.1. The fourth-order valence-electron chi connectivity index (χ4n) is 3.84. The molecule has 3 rings (SSSR count). The first-order chi connectivity index (χ1) is 15.1. The summed E-state index contributed by atoms with van der Waals surface area (Å²) in [4.78, 5) is 4.72. The SMILES string of the molecule is C/C=C/COc1cc(C)c(OC2CCCC(Oc3ccc(C=NOC)cc3)C2)c(C)c1. The second-order valence-electron chi connectivity index (χ2n) is 7.90. The maximum Gasteiger partial charge on any atom is 0.125 e. The molecule has 0 spiro atoms. The molecule has 0 bridgehead atoms. The van der Waals surface area contributed by atoms with Crippen LogP contribution < -0.4 is 14.2 Å². The van der Waals surface area contributed by atoms with Gasteiger partial charge in [0.2, 0.25) is 0 Å². The highest BCUT2D eigenvalue weighted by Gasteiger charge is 2.26. The maximum atomic E-state index is 6.45. The van der Waals surface area contributed by atoms with E-state index in [2.05, 4.69) is 31.1 Å². The van der Waals surface area contributed by atoms with Crippen LogP contribution in [0.1, 0.15) is 49.3 Å². The minimum Gasteiger partial charge on any atom is -0.490 e. The first-order valence-corrected chi connectivity index (χ1v) is 10.9. The largest absolute Gasteiger partial charge is 0.490 e. The quantitative estimate of drug-likeness (QED) is 0.282. The number of aryl methyl sites for hydroxylation is 2. The lowest BCUT2D eigenvalue weighted by atomic mass is 9.94. The summed E-state index contributed by atoms with van der Waals surface area (Å²) < 4.78 is 18.5. The molecule has 1 saturated carbocycles. The lowest BCUT2D eigenvalue weighted by Crippen LogP contribution is -2.32. The van der Waals surface area contributed by atoms with Gasteiger partial charge in [-0.3, -0.25) is 0 Å². The van der Waals surface area contributed by atoms with Gasteiger partial charge in [0.25, 0.3) is 0 Å². The fraction of sp³-hybridized carbons (Fsp3) is 0.423. The summed E-state index contributed by atoms with van der Waals surface area (Å²) >= 11 is 0. The van der Waals surface area contributed by atoms with E-state index >= 15 is 0 Å². The van der Waals surface area contributed by atoms with Crippen molar-refractivity contribution in [2.24, 2.45) is 5.16 Å². The summed E-state index contributed by atoms with van der Waals surface area (Å²) in [6.07, 6.45) is 10.0. The summed E-state index contributed by atoms with van der Waals surface area (Å²) in [5.74, 6) is 2.71. The van der Waals surface area contributed by atoms with Gasteiger partial charge in [-0.2, -0.15) is 0 Å². The van der Waals surface area contributed by atoms with Crippen molar-refractivity contribution in [2.45, 2.75) is 58.7 Å². The van der Waals surface area contributed by atoms with Gasteiger partial charge in [0, 0.05) is 6.42 Å². The number of hydrogen-bond donors (Lipinski definition) is 0. The van der Waals surface area contributed by atoms with Crippen molar-refractivity contribution < 1.29 is 19.0 Å². The maximum absolute atomic E-state index is 6.45. The molecular weight excluding hydrogens is 390 g/mol. The molecule has 2 atom stereocenters. The number of benzene rings is 2. The number of nitrogens with zero attached hydrogens (tertiary/aromatic N) is 1. The number of rotatable bonds is 9. The van der Waals surface area contributed by atoms with Crippen LogP contribution >= 0.6 is 0 Å². The predicted molar refractivity (Wildman–Crippen MR) is 125 cm³/mol. The van der Waals surface area contributed by atoms with Gasteiger partial charge in [0.15, 0.2) is 0 Å². The van der Waals surface area contributed by atoms with Crippen LogP contribution in [0.3, 0.4) is 0 Å². The third kappa shape index (κ3) is 6.78. The first-order valence-electron chi connectivity index (χ1n) is 10.9. The molecule has 0 heterocycles. The Bertz CT molecular complexity index is 866. The van der Waals surface area contributed by atoms with E-state index in [1.165, 1.54) is 7.11 Å². The molecule has 0 saturated heterocycles. The van der Waals surface area contributed by atoms with Crippen LogP contribution in [0.2, 0.25) is 0 Å². The van der Waals surface area contributed by atoms with E-state index in [0.29, 0.717) is 6.61 Å². The lowest BCUT2D eigenvalue weighted by molar-refractivity contribution is 0.0672. The van der Waals surface area contributed by atoms with Gasteiger partial charge >= 0.3 is 0 Å². The molecule has 0 aliphatic heterocycles. The van der Waals surface area contributed by atoms with E-state index in [4.69, 9.17) is 19.0 Å². The third-order valence-electron chi connectivity index (χ3n) is 5.37. The smallest absolute Gasteiger partial charge is 0.125 e. The minimum atomic E-state index is 0.152. The Morgan fingerprint density at radius 2 is 1.65 bits per heavy atom. The van der Waals surface area contributed by atoms with Crippen LogP contribution in [0.25, 0.3) is 0 Å². The second-order valence-corrected chi connectivity index (χ2v) is 7.90. The average molecular weight is 424 g/mol. The number of hydrogen-bond acceptors (Lipinski definition) is 5. The van der Waals surface area contributed by atoms with Gasteiger partial charge in [0.1, 0.15) is 43.2 Å². The van der Waals surface area contributed by atoms with E-state index in [-0.39, 0.29) is 12.2 Å². The molecule has 31 heavy (non-hydrogen) atoms. The second kappa shape index (κ2) is 11.4. The summed E-state index contributed by atoms with van der Waals surface area (Å²) in [7, 11) is 1.53. The van der Waals surface area contributed by atoms with Crippen LogP contribution in [0, 0.1) is 13.8 Å². The summed E-state index contributed by atoms with van der Waals surface area (Å²) in [6.45, 7) is 6.73. The monoisotopic (exact) mass is 423 g/mol. The Morgan fingerprint density at radius 3 is 2.29 bits per heavy atom. The van der Waals surface area contributed by atoms with Gasteiger partial charge in [0.05, 0.1) is 6.21 Å². The Hall–Kier alpha value is -2.95. The molecular formula is C26H33NO4. The van der Waals surface area contributed by atoms with Crippen LogP contribution in [-0.4, -0.2) is 32.1 Å². The summed E-state index contributed by atoms with van der Waals surface area (Å²) in [6, 6.07) is 12.0. The van der Waals surface area contributed by atoms with E-state index in [1.54, 1.807) is 6.21 Å². The number of allylic oxidation sites excluding steroid dienone is 1. The third-order valence-corrected chi connectivity index (χ3v) is 5.37. The van der Waals surface area contributed by atoms with Gasteiger partial charge in [-0.05, 0) is 93.1 Å². The molecule has 1 aliphatic carbocycles. The molecule has 2 aromatic carbocycles. The van der Waals surface area contributed by atoms with Crippen molar-refractivity contribution in [1.82, 2.24) is 0 Å². The highest BCUT2D eigenvalue weighted by atomic mass is 16.6. The highest BCUT2D eigenvalue weighted by molar-refractivity contribution is 5.79. The molecule has 0 aromatic heterocycles. The molecule has 2 unspecified atom stereocenters. The Balaban J connectivity index is 1.59. The molecule has 2 aromatic rings. The standard InChI is InChI=1S/C26H33NO4/c1-5-6-14-29-25-15-19(2)26(20(3)16-25)31-24-9-7-8-23(17-24)30-22-12-10-21(11-13-22)18-27-28-4/h5-6,10-13,15-16,18,23-24H,7-9,14,17H2,1-4H3/b6-5+,27-18?. The van der Waals surface area contributed by atoms with E-state index in [9.17, 15) is 0 Å². The van der Waals surface area contributed by atoms with Gasteiger partial charge in [-0.25, -0.2) is 0 Å². The highest BCUT2D eigenvalue weighted by Crippen LogP contribution is 2.33. The average Bonchev–Trinajstić information content (AvgIpc) is 2.76. The van der Waals surface area contributed by atoms with Gasteiger partial charge in [-0.1, -0.05) is 17.3 Å². The van der Waals surface area contributed by atoms with Crippen LogP contribution in [0.15, 0.2) is 53.7 Å². The topological polar surface area (TPSA) is 49.3 Å². The molecule has 1 fully saturated rings. The fourth-order valence-corrected chi connectivity index (χ4v) is 3.84. The van der Waals surface area contributed by atoms with E-state index in [0.717, 1.165) is 59.6 Å². The van der Waals surface area contributed by atoms with Gasteiger partial charge in [-0.15, -0.1) is 0 Å². The van der Waals surface area contributed by atoms with Crippen molar-refractivity contribution >= 4 is 6.21 Å². The van der Waals surface area contributed by atoms with E-state index in [1.807, 2.05) is 43.3 Å². The van der Waals surface area contributed by atoms with Crippen molar-refractivity contribution in [2.75, 3.05) is 13.7 Å². The Morgan fingerprint density at radius 1 is 0.968 bits per heavy atom. The van der Waals surface area contributed by atoms with Crippen molar-refractivity contribution in [3.8, 4) is 17.2 Å². The zero-order valence-electron chi connectivity index (χ0n) is 19.0. The summed E-state index contributed by atoms with van der Waals surface area (Å²) in [5.41, 5.74) is 3.18. The predicted octanol–water partition coefficient (Wildman–Crippen LogP) is 6.01. The summed E-state index contributed by atoms with van der Waals surface area (Å²) in [5, 5.41) is 3.78. The van der Waals surface area contributed by atoms with E-state index < -0.39 is 0 Å². The first kappa shape index (κ1) is 22.7. The molecule has 0 amide bonds. The Kier molecular flexibility index (Phi) is 8.39. The van der Waals surface area contributed by atoms with Gasteiger partial charge < -0.3 is 19.0 Å². The van der Waals surface area contributed by atoms with Crippen LogP contribution in [0.5, 0.6) is 17.2 Å². The zero-order valence-corrected chi connectivity index (χ0v) is 19.0. The van der Waals surface area contributed by atoms with Crippen molar-refractivity contribution in [3.63, 3.8) is 0 Å². The molecule has 166 valence electrons.